The molecule has 0 amide bonds. The molecule has 0 fully saturated rings. The highest BCUT2D eigenvalue weighted by Gasteiger charge is 2.30. The molecule has 0 aliphatic rings. The lowest BCUT2D eigenvalue weighted by atomic mass is 9.91. The maximum Gasteiger partial charge on any atom is 0.123 e. The SMILES string of the molecule is Fc1ccc(-c2cc(-c3ccc(F)cc3)cc(N(c3ccccc3)c3ccc4ccc5c(N(c6ccccc6)c6cc(-c7ccc(F)cc7)cc(-c7ccc(F)cc7)c6)ccc6ccc3c4c65)c2)cc1.N#Cc1ccccc1N(c1cc(-c2ccc(F)cc2)cc(-c2ccc(F)cc2)c1)c1ccc2ccc3c(N(c4cc(-c5ccc(F)cc5)cc(-c5ccc(F)cc5)c4)c4ccccc4C#N)ccc4ccc1c2c43. The largest absolute Gasteiger partial charge is 0.310 e. The zero-order valence-corrected chi connectivity index (χ0v) is 76.7. The van der Waals surface area contributed by atoms with Crippen LogP contribution in [0, 0.1) is 69.2 Å². The average Bonchev–Trinajstić information content (AvgIpc) is 0.718. The standard InChI is InChI=1S/C66H38F4N4.C64H40F4N2/c67-53-21-9-41(10-22-53)49-33-50(42-11-23-54(68)24-12-42)36-57(35-49)73(61-7-3-1-5-47(61)39-71)63-31-19-45-18-30-60-64(32-20-46-17-29-59(63)65(45)66(46)60)74(62-8-4-2-6-48(62)40-72)58-37-51(43-13-25-55(69)26-14-43)34-52(38-58)44-15-27-56(70)28-16-44;65-51-23-11-41(12-24-51)47-35-48(42-13-25-52(66)26-14-42)38-57(37-47)69(55-7-3-1-4-8-55)61-33-21-45-20-32-60-62(34-22-46-19-31-59(61)63(45)64(46)60)70(56-9-5-2-6-10-56)58-39-49(43-15-27-53(67)28-16-43)36-50(40-58)44-17-29-54(68)30-18-44/h1-38H;1-40H. The Morgan fingerprint density at radius 2 is 0.326 bits per heavy atom. The van der Waals surface area contributed by atoms with Gasteiger partial charge in [-0.2, -0.15) is 10.5 Å². The minimum absolute atomic E-state index is 0.318. The van der Waals surface area contributed by atoms with Crippen LogP contribution in [0.5, 0.6) is 0 Å². The van der Waals surface area contributed by atoms with Crippen LogP contribution < -0.4 is 19.6 Å². The number of nitriles is 2. The van der Waals surface area contributed by atoms with Crippen LogP contribution in [0.4, 0.5) is 103 Å². The van der Waals surface area contributed by atoms with Gasteiger partial charge in [-0.05, 0) is 375 Å². The highest BCUT2D eigenvalue weighted by molar-refractivity contribution is 6.30. The number of halogens is 8. The third-order valence-corrected chi connectivity index (χ3v) is 26.9. The Morgan fingerprint density at radius 1 is 0.146 bits per heavy atom. The summed E-state index contributed by atoms with van der Waals surface area (Å²) in [6, 6.07) is 150. The van der Waals surface area contributed by atoms with Gasteiger partial charge in [-0.25, -0.2) is 35.1 Å². The highest BCUT2D eigenvalue weighted by atomic mass is 19.2. The molecule has 6 nitrogen and oxygen atoms in total. The molecule has 0 aromatic heterocycles. The summed E-state index contributed by atoms with van der Waals surface area (Å²) in [5.41, 5.74) is 23.8. The van der Waals surface area contributed by atoms with Crippen molar-refractivity contribution in [3.05, 3.63) is 531 Å². The number of para-hydroxylation sites is 4. The lowest BCUT2D eigenvalue weighted by molar-refractivity contribution is 0.627. The molecule has 0 radical (unpaired) electrons. The Labute approximate surface area is 824 Å². The van der Waals surface area contributed by atoms with Crippen molar-refractivity contribution in [3.63, 3.8) is 0 Å². The van der Waals surface area contributed by atoms with Crippen LogP contribution in [0.3, 0.4) is 0 Å². The van der Waals surface area contributed by atoms with E-state index in [1.807, 2.05) is 109 Å². The fourth-order valence-corrected chi connectivity index (χ4v) is 20.1. The van der Waals surface area contributed by atoms with Gasteiger partial charge in [0, 0.05) is 55.7 Å². The van der Waals surface area contributed by atoms with E-state index in [1.165, 1.54) is 97.1 Å². The first-order valence-electron chi connectivity index (χ1n) is 46.9. The second kappa shape index (κ2) is 37.7. The van der Waals surface area contributed by atoms with E-state index in [4.69, 9.17) is 0 Å². The first kappa shape index (κ1) is 88.9. The molecule has 0 heterocycles. The van der Waals surface area contributed by atoms with E-state index in [1.54, 1.807) is 109 Å². The minimum Gasteiger partial charge on any atom is -0.310 e. The van der Waals surface area contributed by atoms with Crippen molar-refractivity contribution in [2.24, 2.45) is 0 Å². The molecule has 144 heavy (non-hydrogen) atoms. The predicted octanol–water partition coefficient (Wildman–Crippen LogP) is 37.2. The van der Waals surface area contributed by atoms with E-state index < -0.39 is 0 Å². The van der Waals surface area contributed by atoms with Gasteiger partial charge >= 0.3 is 0 Å². The van der Waals surface area contributed by atoms with Gasteiger partial charge in [0.1, 0.15) is 58.7 Å². The molecule has 24 aromatic carbocycles. The lowest BCUT2D eigenvalue weighted by Crippen LogP contribution is -2.13. The molecule has 24 aromatic rings. The number of hydrogen-bond donors (Lipinski definition) is 0. The van der Waals surface area contributed by atoms with Crippen LogP contribution >= 0.6 is 0 Å². The van der Waals surface area contributed by atoms with E-state index >= 15 is 0 Å². The molecule has 0 saturated heterocycles. The molecule has 0 aliphatic heterocycles. The van der Waals surface area contributed by atoms with Crippen LogP contribution in [0.25, 0.3) is 154 Å². The first-order valence-corrected chi connectivity index (χ1v) is 46.9. The zero-order chi connectivity index (χ0) is 97.7. The Bertz CT molecular complexity index is 8310. The summed E-state index contributed by atoms with van der Waals surface area (Å²) < 4.78 is 115. The van der Waals surface area contributed by atoms with E-state index in [0.29, 0.717) is 33.9 Å². The van der Waals surface area contributed by atoms with E-state index in [9.17, 15) is 45.6 Å². The van der Waals surface area contributed by atoms with Crippen LogP contribution in [0.1, 0.15) is 11.1 Å². The van der Waals surface area contributed by atoms with Gasteiger partial charge < -0.3 is 19.6 Å². The van der Waals surface area contributed by atoms with Crippen LogP contribution in [-0.2, 0) is 0 Å². The van der Waals surface area contributed by atoms with Crippen molar-refractivity contribution in [2.75, 3.05) is 19.6 Å². The Balaban J connectivity index is 0.000000160. The zero-order valence-electron chi connectivity index (χ0n) is 76.7. The number of nitrogens with zero attached hydrogens (tertiary/aromatic N) is 6. The summed E-state index contributed by atoms with van der Waals surface area (Å²) in [6.45, 7) is 0. The molecule has 684 valence electrons. The fraction of sp³-hybridized carbons (Fsp3) is 0. The molecule has 0 saturated carbocycles. The maximum atomic E-state index is 14.4. The molecule has 0 bridgehead atoms. The minimum atomic E-state index is -0.365. The molecule has 0 aliphatic carbocycles. The third-order valence-electron chi connectivity index (χ3n) is 26.9. The quantitative estimate of drug-likeness (QED) is 0.0560. The van der Waals surface area contributed by atoms with Crippen molar-refractivity contribution in [2.45, 2.75) is 0 Å². The molecule has 0 atom stereocenters. The van der Waals surface area contributed by atoms with Crippen LogP contribution in [0.15, 0.2) is 473 Å². The molecular weight excluding hydrogens is 1800 g/mol. The van der Waals surface area contributed by atoms with Crippen molar-refractivity contribution in [3.8, 4) is 101 Å². The Hall–Kier alpha value is -19.0. The Kier molecular flexibility index (Phi) is 23.3. The third kappa shape index (κ3) is 17.1. The summed E-state index contributed by atoms with van der Waals surface area (Å²) in [6.07, 6.45) is 0. The van der Waals surface area contributed by atoms with Gasteiger partial charge in [-0.3, -0.25) is 0 Å². The van der Waals surface area contributed by atoms with Crippen molar-refractivity contribution >= 4 is 133 Å². The molecule has 24 rings (SSSR count). The van der Waals surface area contributed by atoms with Gasteiger partial charge in [-0.1, -0.05) is 231 Å². The van der Waals surface area contributed by atoms with Gasteiger partial charge in [0.2, 0.25) is 0 Å². The molecule has 14 heteroatoms. The summed E-state index contributed by atoms with van der Waals surface area (Å²) >= 11 is 0. The normalized spacial score (nSPS) is 11.3. The topological polar surface area (TPSA) is 60.5 Å². The summed E-state index contributed by atoms with van der Waals surface area (Å²) in [7, 11) is 0. The molecular formula is C130H78F8N6. The average molecular weight is 1880 g/mol. The Morgan fingerprint density at radius 3 is 0.535 bits per heavy atom. The maximum absolute atomic E-state index is 14.4. The number of benzene rings is 24. The number of hydrogen-bond acceptors (Lipinski definition) is 6. The second-order valence-corrected chi connectivity index (χ2v) is 35.6. The predicted molar refractivity (Wildman–Crippen MR) is 572 cm³/mol. The van der Waals surface area contributed by atoms with Gasteiger partial charge in [0.15, 0.2) is 0 Å². The van der Waals surface area contributed by atoms with Gasteiger partial charge in [0.25, 0.3) is 0 Å². The second-order valence-electron chi connectivity index (χ2n) is 35.6. The van der Waals surface area contributed by atoms with E-state index in [2.05, 4.69) is 189 Å². The van der Waals surface area contributed by atoms with Crippen LogP contribution in [0.2, 0.25) is 0 Å². The highest BCUT2D eigenvalue weighted by Crippen LogP contribution is 2.54. The van der Waals surface area contributed by atoms with Gasteiger partial charge in [0.05, 0.1) is 45.3 Å². The fourth-order valence-electron chi connectivity index (χ4n) is 20.1. The monoisotopic (exact) mass is 1870 g/mol. The van der Waals surface area contributed by atoms with Crippen molar-refractivity contribution in [1.29, 1.82) is 10.5 Å². The van der Waals surface area contributed by atoms with E-state index in [-0.39, 0.29) is 46.5 Å². The van der Waals surface area contributed by atoms with Crippen molar-refractivity contribution in [1.82, 2.24) is 0 Å². The van der Waals surface area contributed by atoms with Crippen LogP contribution in [-0.4, -0.2) is 0 Å². The summed E-state index contributed by atoms with van der Waals surface area (Å²) in [5, 5.41) is 33.5. The van der Waals surface area contributed by atoms with E-state index in [0.717, 1.165) is 199 Å². The smallest absolute Gasteiger partial charge is 0.123 e. The molecule has 0 unspecified atom stereocenters. The molecule has 0 N–H and O–H groups in total. The van der Waals surface area contributed by atoms with Gasteiger partial charge in [-0.15, -0.1) is 0 Å². The summed E-state index contributed by atoms with van der Waals surface area (Å²) in [5.74, 6) is -2.73. The summed E-state index contributed by atoms with van der Waals surface area (Å²) in [4.78, 5) is 8.69. The van der Waals surface area contributed by atoms with Crippen molar-refractivity contribution < 1.29 is 35.1 Å². The number of rotatable bonds is 20. The number of anilines is 12. The lowest BCUT2D eigenvalue weighted by Gasteiger charge is -2.31. The first-order chi connectivity index (χ1) is 70.5. The molecule has 0 spiro atoms.